The van der Waals surface area contributed by atoms with Crippen LogP contribution in [0.25, 0.3) is 0 Å². The highest BCUT2D eigenvalue weighted by Gasteiger charge is 2.53. The second-order valence-electron chi connectivity index (χ2n) is 5.76. The van der Waals surface area contributed by atoms with Crippen molar-refractivity contribution in [3.05, 3.63) is 29.8 Å². The summed E-state index contributed by atoms with van der Waals surface area (Å²) in [4.78, 5) is 0.651. The van der Waals surface area contributed by atoms with E-state index in [4.69, 9.17) is 4.74 Å². The van der Waals surface area contributed by atoms with Crippen molar-refractivity contribution in [3.8, 4) is 5.75 Å². The van der Waals surface area contributed by atoms with Crippen molar-refractivity contribution in [1.29, 1.82) is 0 Å². The Kier molecular flexibility index (Phi) is 3.65. The first-order valence-electron chi connectivity index (χ1n) is 7.06. The van der Waals surface area contributed by atoms with E-state index in [0.29, 0.717) is 4.83 Å². The van der Waals surface area contributed by atoms with Gasteiger partial charge in [-0.15, -0.1) is 0 Å². The molecule has 3 rings (SSSR count). The third-order valence-corrected chi connectivity index (χ3v) is 5.64. The van der Waals surface area contributed by atoms with Gasteiger partial charge in [-0.3, -0.25) is 0 Å². The van der Waals surface area contributed by atoms with Crippen molar-refractivity contribution < 1.29 is 4.74 Å². The maximum absolute atomic E-state index is 5.29. The Morgan fingerprint density at radius 1 is 1.28 bits per heavy atom. The van der Waals surface area contributed by atoms with Crippen LogP contribution >= 0.6 is 15.9 Å². The lowest BCUT2D eigenvalue weighted by molar-refractivity contribution is 0.414. The topological polar surface area (TPSA) is 9.23 Å². The highest BCUT2D eigenvalue weighted by Crippen LogP contribution is 2.58. The molecule has 1 aromatic rings. The van der Waals surface area contributed by atoms with Gasteiger partial charge in [-0.1, -0.05) is 40.9 Å². The molecule has 18 heavy (non-hydrogen) atoms. The minimum atomic E-state index is 0.651. The predicted octanol–water partition coefficient (Wildman–Crippen LogP) is 4.44. The first-order chi connectivity index (χ1) is 8.79. The van der Waals surface area contributed by atoms with Gasteiger partial charge in [0.15, 0.2) is 0 Å². The predicted molar refractivity (Wildman–Crippen MR) is 78.4 cm³/mol. The number of ether oxygens (including phenoxy) is 1. The lowest BCUT2D eigenvalue weighted by atomic mass is 10.0. The van der Waals surface area contributed by atoms with Crippen LogP contribution in [0.5, 0.6) is 5.75 Å². The molecule has 1 aromatic carbocycles. The molecule has 3 unspecified atom stereocenters. The molecular formula is C16H21BrO. The van der Waals surface area contributed by atoms with Gasteiger partial charge in [0.25, 0.3) is 0 Å². The lowest BCUT2D eigenvalue weighted by Crippen LogP contribution is -2.07. The number of fused-ring (bicyclic) bond motifs is 1. The molecule has 2 aliphatic carbocycles. The fourth-order valence-corrected chi connectivity index (χ4v) is 4.90. The van der Waals surface area contributed by atoms with E-state index < -0.39 is 0 Å². The van der Waals surface area contributed by atoms with Crippen molar-refractivity contribution in [2.75, 3.05) is 7.11 Å². The van der Waals surface area contributed by atoms with Crippen LogP contribution in [0.3, 0.4) is 0 Å². The normalized spacial score (nSPS) is 31.6. The zero-order valence-corrected chi connectivity index (χ0v) is 12.5. The number of methoxy groups -OCH3 is 1. The zero-order valence-electron chi connectivity index (χ0n) is 10.9. The molecular weight excluding hydrogens is 288 g/mol. The molecule has 0 aliphatic heterocycles. The summed E-state index contributed by atoms with van der Waals surface area (Å²) in [6.07, 6.45) is 6.98. The van der Waals surface area contributed by atoms with Gasteiger partial charge in [0.2, 0.25) is 0 Å². The second kappa shape index (κ2) is 5.24. The molecule has 0 aromatic heterocycles. The van der Waals surface area contributed by atoms with E-state index >= 15 is 0 Å². The molecule has 0 saturated heterocycles. The van der Waals surface area contributed by atoms with E-state index in [9.17, 15) is 0 Å². The molecule has 0 spiro atoms. The first kappa shape index (κ1) is 12.5. The summed E-state index contributed by atoms with van der Waals surface area (Å²) in [6.45, 7) is 0. The van der Waals surface area contributed by atoms with Crippen molar-refractivity contribution in [1.82, 2.24) is 0 Å². The molecule has 0 bridgehead atoms. The Bertz CT molecular complexity index is 405. The summed E-state index contributed by atoms with van der Waals surface area (Å²) in [6, 6.07) is 8.49. The summed E-state index contributed by atoms with van der Waals surface area (Å²) in [5.74, 6) is 3.95. The first-order valence-corrected chi connectivity index (χ1v) is 7.98. The van der Waals surface area contributed by atoms with Crippen LogP contribution in [0.4, 0.5) is 0 Å². The van der Waals surface area contributed by atoms with Crippen LogP contribution in [0.15, 0.2) is 24.3 Å². The smallest absolute Gasteiger partial charge is 0.119 e. The van der Waals surface area contributed by atoms with Crippen LogP contribution in [0.2, 0.25) is 0 Å². The van der Waals surface area contributed by atoms with Gasteiger partial charge in [0.1, 0.15) is 5.75 Å². The van der Waals surface area contributed by atoms with Crippen molar-refractivity contribution >= 4 is 15.9 Å². The number of halogens is 1. The number of alkyl halides is 1. The molecule has 2 saturated carbocycles. The van der Waals surface area contributed by atoms with Crippen molar-refractivity contribution in [3.63, 3.8) is 0 Å². The van der Waals surface area contributed by atoms with Crippen LogP contribution in [-0.4, -0.2) is 11.9 Å². The second-order valence-corrected chi connectivity index (χ2v) is 6.94. The fourth-order valence-electron chi connectivity index (χ4n) is 3.74. The van der Waals surface area contributed by atoms with Crippen LogP contribution in [0.1, 0.15) is 31.2 Å². The van der Waals surface area contributed by atoms with E-state index in [1.807, 2.05) is 6.07 Å². The van der Waals surface area contributed by atoms with Crippen LogP contribution < -0.4 is 4.74 Å². The summed E-state index contributed by atoms with van der Waals surface area (Å²) in [5.41, 5.74) is 1.39. The minimum Gasteiger partial charge on any atom is -0.497 e. The van der Waals surface area contributed by atoms with Gasteiger partial charge in [-0.2, -0.15) is 0 Å². The molecule has 2 fully saturated rings. The van der Waals surface area contributed by atoms with Crippen LogP contribution in [-0.2, 0) is 6.42 Å². The Morgan fingerprint density at radius 3 is 2.67 bits per heavy atom. The maximum Gasteiger partial charge on any atom is 0.119 e. The Labute approximate surface area is 118 Å². The number of rotatable bonds is 4. The molecule has 3 atom stereocenters. The molecule has 2 heteroatoms. The van der Waals surface area contributed by atoms with Gasteiger partial charge in [-0.25, -0.2) is 0 Å². The van der Waals surface area contributed by atoms with Gasteiger partial charge in [0, 0.05) is 4.83 Å². The highest BCUT2D eigenvalue weighted by molar-refractivity contribution is 9.09. The molecule has 0 heterocycles. The third kappa shape index (κ3) is 2.45. The standard InChI is InChI=1S/C16H21BrO/c1-18-12-6-4-5-11(9-12)10-15(17)16-13-7-2-3-8-14(13)16/h4-6,9,13-16H,2-3,7-8,10H2,1H3. The molecule has 1 nitrogen and oxygen atoms in total. The van der Waals surface area contributed by atoms with Gasteiger partial charge >= 0.3 is 0 Å². The molecule has 0 radical (unpaired) electrons. The summed E-state index contributed by atoms with van der Waals surface area (Å²) >= 11 is 3.94. The molecule has 0 amide bonds. The zero-order chi connectivity index (χ0) is 12.5. The van der Waals surface area contributed by atoms with E-state index in [1.54, 1.807) is 7.11 Å². The van der Waals surface area contributed by atoms with Crippen LogP contribution in [0, 0.1) is 17.8 Å². The molecule has 98 valence electrons. The summed E-state index contributed by atoms with van der Waals surface area (Å²) in [7, 11) is 1.74. The highest BCUT2D eigenvalue weighted by atomic mass is 79.9. The van der Waals surface area contributed by atoms with Crippen molar-refractivity contribution in [2.24, 2.45) is 17.8 Å². The van der Waals surface area contributed by atoms with Gasteiger partial charge in [0.05, 0.1) is 7.11 Å². The monoisotopic (exact) mass is 308 g/mol. The summed E-state index contributed by atoms with van der Waals surface area (Å²) in [5, 5.41) is 0. The Morgan fingerprint density at radius 2 is 2.00 bits per heavy atom. The van der Waals surface area contributed by atoms with Gasteiger partial charge in [-0.05, 0) is 54.7 Å². The van der Waals surface area contributed by atoms with Gasteiger partial charge < -0.3 is 4.74 Å². The Balaban J connectivity index is 1.62. The average molecular weight is 309 g/mol. The number of hydrogen-bond donors (Lipinski definition) is 0. The maximum atomic E-state index is 5.29. The van der Waals surface area contributed by atoms with E-state index in [-0.39, 0.29) is 0 Å². The fraction of sp³-hybridized carbons (Fsp3) is 0.625. The minimum absolute atomic E-state index is 0.651. The van der Waals surface area contributed by atoms with E-state index in [1.165, 1.54) is 31.2 Å². The largest absolute Gasteiger partial charge is 0.497 e. The van der Waals surface area contributed by atoms with E-state index in [0.717, 1.165) is 29.9 Å². The molecule has 0 N–H and O–H groups in total. The lowest BCUT2D eigenvalue weighted by Gasteiger charge is -2.10. The van der Waals surface area contributed by atoms with Crippen molar-refractivity contribution in [2.45, 2.75) is 36.9 Å². The Hall–Kier alpha value is -0.500. The number of benzene rings is 1. The quantitative estimate of drug-likeness (QED) is 0.747. The molecule has 2 aliphatic rings. The average Bonchev–Trinajstić information content (AvgIpc) is 3.13. The van der Waals surface area contributed by atoms with E-state index in [2.05, 4.69) is 34.1 Å². The summed E-state index contributed by atoms with van der Waals surface area (Å²) < 4.78 is 5.29. The number of hydrogen-bond acceptors (Lipinski definition) is 1. The third-order valence-electron chi connectivity index (χ3n) is 4.71. The SMILES string of the molecule is COc1cccc(CC(Br)C2C3CCCCC32)c1.